The van der Waals surface area contributed by atoms with E-state index in [9.17, 15) is 10.0 Å². The second-order valence-electron chi connectivity index (χ2n) is 7.46. The normalized spacial score (nSPS) is 15.7. The quantitative estimate of drug-likeness (QED) is 0.239. The van der Waals surface area contributed by atoms with Crippen LogP contribution in [-0.2, 0) is 14.0 Å². The van der Waals surface area contributed by atoms with E-state index in [0.29, 0.717) is 21.5 Å². The topological polar surface area (TPSA) is 86.6 Å². The number of hydrogen-bond donors (Lipinski definition) is 1. The van der Waals surface area contributed by atoms with Gasteiger partial charge in [0.05, 0.1) is 7.11 Å². The molecule has 7 nitrogen and oxygen atoms in total. The van der Waals surface area contributed by atoms with Crippen molar-refractivity contribution in [3.05, 3.63) is 22.2 Å². The maximum absolute atomic E-state index is 12.2. The Balaban J connectivity index is 2.56. The summed E-state index contributed by atoms with van der Waals surface area (Å²) in [6.45, 7) is 10.5. The smallest absolute Gasteiger partial charge is 0.358 e. The fourth-order valence-electron chi connectivity index (χ4n) is 2.18. The first-order valence-corrected chi connectivity index (χ1v) is 11.8. The van der Waals surface area contributed by atoms with Crippen LogP contribution in [0.15, 0.2) is 21.8 Å². The minimum absolute atomic E-state index is 0.120. The van der Waals surface area contributed by atoms with E-state index in [1.54, 1.807) is 12.1 Å². The van der Waals surface area contributed by atoms with Gasteiger partial charge in [0.1, 0.15) is 6.10 Å². The Labute approximate surface area is 162 Å². The van der Waals surface area contributed by atoms with Crippen LogP contribution in [0.3, 0.4) is 0 Å². The standard InChI is InChI=1S/C17H24BrNO6Si/c1-17(2,3)26(5,6)25-15(14(19-21)16(20)22-4)10-7-12-13(8-11(10)18)24-9-23-12/h7-8,15,21H,9H2,1-6H3/b19-14-. The number of carbonyl (C=O) groups is 1. The van der Waals surface area contributed by atoms with Gasteiger partial charge in [0, 0.05) is 10.0 Å². The summed E-state index contributed by atoms with van der Waals surface area (Å²) < 4.78 is 22.7. The molecule has 1 aliphatic heterocycles. The number of ether oxygens (including phenoxy) is 3. The number of methoxy groups -OCH3 is 1. The molecule has 0 bridgehead atoms. The highest BCUT2D eigenvalue weighted by atomic mass is 79.9. The molecular weight excluding hydrogens is 422 g/mol. The highest BCUT2D eigenvalue weighted by molar-refractivity contribution is 9.10. The van der Waals surface area contributed by atoms with E-state index in [-0.39, 0.29) is 17.5 Å². The van der Waals surface area contributed by atoms with Crippen LogP contribution < -0.4 is 9.47 Å². The molecule has 1 N–H and O–H groups in total. The van der Waals surface area contributed by atoms with Crippen molar-refractivity contribution < 1.29 is 28.6 Å². The van der Waals surface area contributed by atoms with Crippen LogP contribution in [0.25, 0.3) is 0 Å². The molecule has 26 heavy (non-hydrogen) atoms. The van der Waals surface area contributed by atoms with Crippen molar-refractivity contribution in [2.24, 2.45) is 5.16 Å². The van der Waals surface area contributed by atoms with Crippen molar-refractivity contribution in [1.29, 1.82) is 0 Å². The lowest BCUT2D eigenvalue weighted by molar-refractivity contribution is -0.133. The first-order valence-electron chi connectivity index (χ1n) is 8.09. The molecule has 0 saturated heterocycles. The Morgan fingerprint density at radius 2 is 1.88 bits per heavy atom. The van der Waals surface area contributed by atoms with Gasteiger partial charge in [0.15, 0.2) is 25.5 Å². The monoisotopic (exact) mass is 445 g/mol. The Morgan fingerprint density at radius 1 is 1.31 bits per heavy atom. The third-order valence-corrected chi connectivity index (χ3v) is 9.87. The van der Waals surface area contributed by atoms with Crippen LogP contribution in [0.4, 0.5) is 0 Å². The van der Waals surface area contributed by atoms with Gasteiger partial charge < -0.3 is 23.8 Å². The molecule has 9 heteroatoms. The van der Waals surface area contributed by atoms with Crippen LogP contribution in [0, 0.1) is 0 Å². The van der Waals surface area contributed by atoms with E-state index >= 15 is 0 Å². The molecule has 0 radical (unpaired) electrons. The fourth-order valence-corrected chi connectivity index (χ4v) is 3.89. The van der Waals surface area contributed by atoms with E-state index in [4.69, 9.17) is 18.6 Å². The zero-order chi connectivity index (χ0) is 19.7. The van der Waals surface area contributed by atoms with Gasteiger partial charge in [0.25, 0.3) is 0 Å². The van der Waals surface area contributed by atoms with Gasteiger partial charge in [-0.15, -0.1) is 0 Å². The molecule has 0 fully saturated rings. The summed E-state index contributed by atoms with van der Waals surface area (Å²) in [6.07, 6.45) is -0.919. The molecule has 2 rings (SSSR count). The minimum atomic E-state index is -2.33. The Hall–Kier alpha value is -1.58. The molecule has 1 heterocycles. The molecule has 1 unspecified atom stereocenters. The maximum Gasteiger partial charge on any atom is 0.358 e. The Morgan fingerprint density at radius 3 is 2.38 bits per heavy atom. The average molecular weight is 446 g/mol. The lowest BCUT2D eigenvalue weighted by Gasteiger charge is -2.39. The van der Waals surface area contributed by atoms with Gasteiger partial charge in [-0.3, -0.25) is 0 Å². The molecular formula is C17H24BrNO6Si. The largest absolute Gasteiger partial charge is 0.464 e. The summed E-state index contributed by atoms with van der Waals surface area (Å²) in [5.74, 6) is 0.363. The van der Waals surface area contributed by atoms with E-state index < -0.39 is 20.4 Å². The van der Waals surface area contributed by atoms with Crippen molar-refractivity contribution in [1.82, 2.24) is 0 Å². The zero-order valence-electron chi connectivity index (χ0n) is 15.8. The minimum Gasteiger partial charge on any atom is -0.464 e. The number of benzene rings is 1. The predicted molar refractivity (Wildman–Crippen MR) is 103 cm³/mol. The molecule has 1 aromatic carbocycles. The van der Waals surface area contributed by atoms with Gasteiger partial charge in [-0.05, 0) is 30.3 Å². The first kappa shape index (κ1) is 20.7. The van der Waals surface area contributed by atoms with E-state index in [2.05, 4.69) is 41.9 Å². The molecule has 0 aromatic heterocycles. The average Bonchev–Trinajstić information content (AvgIpc) is 2.99. The van der Waals surface area contributed by atoms with Gasteiger partial charge in [-0.25, -0.2) is 4.79 Å². The first-order chi connectivity index (χ1) is 12.0. The fraction of sp³-hybridized carbons (Fsp3) is 0.529. The van der Waals surface area contributed by atoms with Crippen LogP contribution in [0.1, 0.15) is 32.4 Å². The highest BCUT2D eigenvalue weighted by Gasteiger charge is 2.43. The number of hydrogen-bond acceptors (Lipinski definition) is 7. The molecule has 144 valence electrons. The molecule has 0 aliphatic carbocycles. The second-order valence-corrected chi connectivity index (χ2v) is 13.1. The summed E-state index contributed by atoms with van der Waals surface area (Å²) in [7, 11) is -1.10. The highest BCUT2D eigenvalue weighted by Crippen LogP contribution is 2.44. The Kier molecular flexibility index (Phi) is 6.04. The summed E-state index contributed by atoms with van der Waals surface area (Å²) in [4.78, 5) is 12.2. The SMILES string of the molecule is COC(=O)/C(=N\O)C(O[Si](C)(C)C(C)(C)C)c1cc2c(cc1Br)OCO2. The number of fused-ring (bicyclic) bond motifs is 1. The molecule has 0 spiro atoms. The Bertz CT molecular complexity index is 729. The zero-order valence-corrected chi connectivity index (χ0v) is 18.3. The second kappa shape index (κ2) is 7.57. The summed E-state index contributed by atoms with van der Waals surface area (Å²) in [5, 5.41) is 12.6. The maximum atomic E-state index is 12.2. The molecule has 1 aliphatic rings. The van der Waals surface area contributed by atoms with Crippen LogP contribution >= 0.6 is 15.9 Å². The number of nitrogens with zero attached hydrogens (tertiary/aromatic N) is 1. The van der Waals surface area contributed by atoms with Crippen molar-refractivity contribution in [3.8, 4) is 11.5 Å². The lowest BCUT2D eigenvalue weighted by atomic mass is 10.0. The van der Waals surface area contributed by atoms with Crippen molar-refractivity contribution in [2.75, 3.05) is 13.9 Å². The van der Waals surface area contributed by atoms with Crippen LogP contribution in [0.2, 0.25) is 18.1 Å². The van der Waals surface area contributed by atoms with Gasteiger partial charge in [0.2, 0.25) is 6.79 Å². The van der Waals surface area contributed by atoms with Crippen molar-refractivity contribution in [3.63, 3.8) is 0 Å². The number of rotatable bonds is 5. The molecule has 0 amide bonds. The molecule has 1 atom stereocenters. The number of halogens is 1. The van der Waals surface area contributed by atoms with Gasteiger partial charge >= 0.3 is 5.97 Å². The number of esters is 1. The molecule has 1 aromatic rings. The van der Waals surface area contributed by atoms with E-state index in [0.717, 1.165) is 0 Å². The summed E-state index contributed by atoms with van der Waals surface area (Å²) >= 11 is 3.49. The lowest BCUT2D eigenvalue weighted by Crippen LogP contribution is -2.44. The predicted octanol–water partition coefficient (Wildman–Crippen LogP) is 4.24. The van der Waals surface area contributed by atoms with Crippen molar-refractivity contribution in [2.45, 2.75) is 45.0 Å². The number of oxime groups is 1. The third-order valence-electron chi connectivity index (χ3n) is 4.74. The van der Waals surface area contributed by atoms with Gasteiger partial charge in [-0.1, -0.05) is 41.9 Å². The van der Waals surface area contributed by atoms with E-state index in [1.165, 1.54) is 7.11 Å². The summed E-state index contributed by atoms with van der Waals surface area (Å²) in [5.41, 5.74) is 0.370. The van der Waals surface area contributed by atoms with Crippen molar-refractivity contribution >= 4 is 35.9 Å². The van der Waals surface area contributed by atoms with Gasteiger partial charge in [-0.2, -0.15) is 0 Å². The molecule has 0 saturated carbocycles. The van der Waals surface area contributed by atoms with Crippen LogP contribution in [-0.4, -0.2) is 39.1 Å². The number of carbonyl (C=O) groups excluding carboxylic acids is 1. The third kappa shape index (κ3) is 4.05. The van der Waals surface area contributed by atoms with Crippen LogP contribution in [0.5, 0.6) is 11.5 Å². The summed E-state index contributed by atoms with van der Waals surface area (Å²) in [6, 6.07) is 3.46. The van der Waals surface area contributed by atoms with E-state index in [1.807, 2.05) is 13.1 Å².